The minimum absolute atomic E-state index is 0.0946. The van der Waals surface area contributed by atoms with Crippen molar-refractivity contribution in [3.63, 3.8) is 0 Å². The fourth-order valence-corrected chi connectivity index (χ4v) is 3.43. The van der Waals surface area contributed by atoms with Gasteiger partial charge < -0.3 is 19.5 Å². The lowest BCUT2D eigenvalue weighted by Gasteiger charge is -2.19. The predicted molar refractivity (Wildman–Crippen MR) is 108 cm³/mol. The highest BCUT2D eigenvalue weighted by Gasteiger charge is 2.22. The van der Waals surface area contributed by atoms with Gasteiger partial charge in [-0.1, -0.05) is 0 Å². The number of hydrogen-bond acceptors (Lipinski definition) is 5. The molecular weight excluding hydrogens is 356 g/mol. The fourth-order valence-electron chi connectivity index (χ4n) is 3.43. The Kier molecular flexibility index (Phi) is 5.46. The number of rotatable bonds is 5. The largest absolute Gasteiger partial charge is 0.494 e. The lowest BCUT2D eigenvalue weighted by atomic mass is 9.95. The summed E-state index contributed by atoms with van der Waals surface area (Å²) in [6.07, 6.45) is 1.93. The summed E-state index contributed by atoms with van der Waals surface area (Å²) in [4.78, 5) is 17.2. The molecule has 0 spiro atoms. The summed E-state index contributed by atoms with van der Waals surface area (Å²) in [5, 5.41) is 2.93. The van der Waals surface area contributed by atoms with Gasteiger partial charge in [-0.3, -0.25) is 9.79 Å². The number of carbonyl (C=O) groups excluding carboxylic acids is 1. The topological polar surface area (TPSA) is 69.2 Å². The third kappa shape index (κ3) is 4.11. The van der Waals surface area contributed by atoms with Crippen molar-refractivity contribution < 1.29 is 19.0 Å². The van der Waals surface area contributed by atoms with Crippen molar-refractivity contribution >= 4 is 17.3 Å². The number of ether oxygens (including phenoxy) is 3. The fraction of sp³-hybridized carbons (Fsp3) is 0.364. The van der Waals surface area contributed by atoms with Crippen LogP contribution in [-0.4, -0.2) is 38.0 Å². The van der Waals surface area contributed by atoms with Crippen LogP contribution in [0.4, 0.5) is 5.69 Å². The lowest BCUT2D eigenvalue weighted by Crippen LogP contribution is -2.21. The molecule has 1 N–H and O–H groups in total. The van der Waals surface area contributed by atoms with E-state index in [-0.39, 0.29) is 12.3 Å². The number of fused-ring (bicyclic) bond motifs is 2. The van der Waals surface area contributed by atoms with E-state index in [0.717, 1.165) is 52.6 Å². The van der Waals surface area contributed by atoms with Gasteiger partial charge in [0.2, 0.25) is 5.91 Å². The quantitative estimate of drug-likeness (QED) is 0.860. The van der Waals surface area contributed by atoms with E-state index in [1.165, 1.54) is 0 Å². The smallest absolute Gasteiger partial charge is 0.230 e. The Hall–Kier alpha value is -3.02. The van der Waals surface area contributed by atoms with Crippen molar-refractivity contribution in [3.8, 4) is 17.2 Å². The van der Waals surface area contributed by atoms with Gasteiger partial charge in [0.25, 0.3) is 0 Å². The molecule has 1 amide bonds. The molecule has 0 aliphatic carbocycles. The minimum Gasteiger partial charge on any atom is -0.494 e. The second-order valence-corrected chi connectivity index (χ2v) is 6.77. The molecule has 0 bridgehead atoms. The van der Waals surface area contributed by atoms with E-state index in [4.69, 9.17) is 14.2 Å². The van der Waals surface area contributed by atoms with E-state index in [0.29, 0.717) is 26.4 Å². The monoisotopic (exact) mass is 380 g/mol. The number of nitrogens with one attached hydrogen (secondary N) is 1. The van der Waals surface area contributed by atoms with Gasteiger partial charge in [-0.25, -0.2) is 0 Å². The summed E-state index contributed by atoms with van der Waals surface area (Å²) in [5.74, 6) is 2.21. The third-order valence-corrected chi connectivity index (χ3v) is 4.75. The van der Waals surface area contributed by atoms with Crippen LogP contribution in [-0.2, 0) is 11.2 Å². The number of aliphatic imine (C=N–C) groups is 1. The van der Waals surface area contributed by atoms with E-state index in [9.17, 15) is 4.79 Å². The molecule has 4 rings (SSSR count). The maximum absolute atomic E-state index is 12.6. The molecule has 0 atom stereocenters. The number of benzene rings is 2. The molecule has 0 unspecified atom stereocenters. The van der Waals surface area contributed by atoms with Gasteiger partial charge in [0.15, 0.2) is 11.5 Å². The third-order valence-electron chi connectivity index (χ3n) is 4.75. The minimum atomic E-state index is -0.0946. The highest BCUT2D eigenvalue weighted by Crippen LogP contribution is 2.35. The maximum atomic E-state index is 12.6. The molecule has 2 aromatic rings. The van der Waals surface area contributed by atoms with E-state index in [1.54, 1.807) is 0 Å². The summed E-state index contributed by atoms with van der Waals surface area (Å²) in [5.41, 5.74) is 3.67. The van der Waals surface area contributed by atoms with Crippen LogP contribution in [0.3, 0.4) is 0 Å². The van der Waals surface area contributed by atoms with Gasteiger partial charge in [-0.05, 0) is 55.3 Å². The van der Waals surface area contributed by atoms with Crippen LogP contribution in [0.2, 0.25) is 0 Å². The average molecular weight is 380 g/mol. The molecule has 0 saturated carbocycles. The Morgan fingerprint density at radius 1 is 1.14 bits per heavy atom. The molecule has 0 saturated heterocycles. The van der Waals surface area contributed by atoms with Crippen molar-refractivity contribution in [2.75, 3.05) is 31.7 Å². The average Bonchev–Trinajstić information content (AvgIpc) is 2.93. The van der Waals surface area contributed by atoms with Crippen molar-refractivity contribution in [2.45, 2.75) is 26.2 Å². The standard InChI is InChI=1S/C22H24N2O4/c1-2-26-17-6-4-16(5-7-17)24-22(25)14-19-18-13-21-20(27-10-3-11-28-21)12-15(18)8-9-23-19/h4-7,12-13H,2-3,8-11,14H2,1H3,(H,24,25). The van der Waals surface area contributed by atoms with Crippen molar-refractivity contribution in [2.24, 2.45) is 4.99 Å². The lowest BCUT2D eigenvalue weighted by molar-refractivity contribution is -0.115. The first-order valence-electron chi connectivity index (χ1n) is 9.72. The van der Waals surface area contributed by atoms with E-state index < -0.39 is 0 Å². The first kappa shape index (κ1) is 18.3. The zero-order valence-electron chi connectivity index (χ0n) is 16.0. The van der Waals surface area contributed by atoms with E-state index in [2.05, 4.69) is 10.3 Å². The molecule has 28 heavy (non-hydrogen) atoms. The van der Waals surface area contributed by atoms with Gasteiger partial charge in [0, 0.05) is 24.2 Å². The highest BCUT2D eigenvalue weighted by atomic mass is 16.5. The molecule has 0 radical (unpaired) electrons. The first-order chi connectivity index (χ1) is 13.7. The normalized spacial score (nSPS) is 15.1. The molecule has 2 aliphatic heterocycles. The molecule has 0 aromatic heterocycles. The van der Waals surface area contributed by atoms with Gasteiger partial charge >= 0.3 is 0 Å². The summed E-state index contributed by atoms with van der Waals surface area (Å²) < 4.78 is 17.0. The molecule has 2 aliphatic rings. The zero-order chi connectivity index (χ0) is 19.3. The van der Waals surface area contributed by atoms with Crippen molar-refractivity contribution in [1.82, 2.24) is 0 Å². The molecule has 2 heterocycles. The number of nitrogens with zero attached hydrogens (tertiary/aromatic N) is 1. The maximum Gasteiger partial charge on any atom is 0.230 e. The SMILES string of the molecule is CCOc1ccc(NC(=O)CC2=NCCc3cc4c(cc32)OCCCO4)cc1. The van der Waals surface area contributed by atoms with Crippen LogP contribution < -0.4 is 19.5 Å². The number of amides is 1. The van der Waals surface area contributed by atoms with E-state index in [1.807, 2.05) is 43.3 Å². The molecule has 0 fully saturated rings. The second kappa shape index (κ2) is 8.33. The zero-order valence-corrected chi connectivity index (χ0v) is 16.0. The molecule has 6 nitrogen and oxygen atoms in total. The van der Waals surface area contributed by atoms with Gasteiger partial charge in [-0.2, -0.15) is 0 Å². The van der Waals surface area contributed by atoms with Crippen LogP contribution in [0, 0.1) is 0 Å². The highest BCUT2D eigenvalue weighted by molar-refractivity contribution is 6.14. The number of anilines is 1. The van der Waals surface area contributed by atoms with Gasteiger partial charge in [0.05, 0.1) is 32.0 Å². The van der Waals surface area contributed by atoms with Gasteiger partial charge in [-0.15, -0.1) is 0 Å². The summed E-state index contributed by atoms with van der Waals surface area (Å²) in [7, 11) is 0. The Morgan fingerprint density at radius 3 is 2.64 bits per heavy atom. The van der Waals surface area contributed by atoms with Crippen LogP contribution >= 0.6 is 0 Å². The molecule has 6 heteroatoms. The molecule has 2 aromatic carbocycles. The van der Waals surface area contributed by atoms with Crippen molar-refractivity contribution in [1.29, 1.82) is 0 Å². The van der Waals surface area contributed by atoms with E-state index >= 15 is 0 Å². The molecular formula is C22H24N2O4. The Balaban J connectivity index is 1.47. The second-order valence-electron chi connectivity index (χ2n) is 6.77. The predicted octanol–water partition coefficient (Wildman–Crippen LogP) is 3.62. The first-order valence-corrected chi connectivity index (χ1v) is 9.72. The van der Waals surface area contributed by atoms with Crippen molar-refractivity contribution in [3.05, 3.63) is 47.5 Å². The Labute approximate surface area is 164 Å². The number of carbonyl (C=O) groups is 1. The van der Waals surface area contributed by atoms with Crippen LogP contribution in [0.25, 0.3) is 0 Å². The van der Waals surface area contributed by atoms with Crippen LogP contribution in [0.5, 0.6) is 17.2 Å². The number of hydrogen-bond donors (Lipinski definition) is 1. The Bertz CT molecular complexity index is 890. The summed E-state index contributed by atoms with van der Waals surface area (Å²) in [6, 6.07) is 11.4. The Morgan fingerprint density at radius 2 is 1.89 bits per heavy atom. The van der Waals surface area contributed by atoms with Crippen LogP contribution in [0.15, 0.2) is 41.4 Å². The summed E-state index contributed by atoms with van der Waals surface area (Å²) >= 11 is 0. The van der Waals surface area contributed by atoms with Crippen LogP contribution in [0.1, 0.15) is 30.9 Å². The molecule has 146 valence electrons. The van der Waals surface area contributed by atoms with Gasteiger partial charge in [0.1, 0.15) is 5.75 Å². The summed E-state index contributed by atoms with van der Waals surface area (Å²) in [6.45, 7) is 4.53.